The molecule has 0 aliphatic carbocycles. The molecule has 0 aliphatic heterocycles. The average molecular weight is 376 g/mol. The Morgan fingerprint density at radius 2 is 1.88 bits per heavy atom. The van der Waals surface area contributed by atoms with Crippen molar-refractivity contribution >= 4 is 16.2 Å². The summed E-state index contributed by atoms with van der Waals surface area (Å²) in [6.45, 7) is 4.34. The number of hydrogen-bond acceptors (Lipinski definition) is 5. The minimum atomic E-state index is -3.72. The van der Waals surface area contributed by atoms with Crippen LogP contribution in [-0.4, -0.2) is 26.3 Å². The zero-order valence-corrected chi connectivity index (χ0v) is 15.8. The maximum Gasteiger partial charge on any atom is 0.276 e. The normalized spacial score (nSPS) is 11.6. The minimum Gasteiger partial charge on any atom is -0.504 e. The van der Waals surface area contributed by atoms with Gasteiger partial charge in [-0.25, -0.2) is 4.83 Å². The summed E-state index contributed by atoms with van der Waals surface area (Å²) < 4.78 is 29.8. The maximum atomic E-state index is 12.3. The first-order chi connectivity index (χ1) is 12.5. The van der Waals surface area contributed by atoms with E-state index in [0.29, 0.717) is 17.9 Å². The van der Waals surface area contributed by atoms with Crippen LogP contribution < -0.4 is 9.57 Å². The highest BCUT2D eigenvalue weighted by Crippen LogP contribution is 2.26. The van der Waals surface area contributed by atoms with Crippen molar-refractivity contribution in [1.82, 2.24) is 4.83 Å². The van der Waals surface area contributed by atoms with Crippen LogP contribution in [0.2, 0.25) is 0 Å². The van der Waals surface area contributed by atoms with Crippen LogP contribution in [0.1, 0.15) is 37.8 Å². The van der Waals surface area contributed by atoms with E-state index in [0.717, 1.165) is 24.8 Å². The molecule has 2 aromatic rings. The van der Waals surface area contributed by atoms with Crippen LogP contribution in [0.4, 0.5) is 0 Å². The summed E-state index contributed by atoms with van der Waals surface area (Å²) in [5.41, 5.74) is 1.71. The summed E-state index contributed by atoms with van der Waals surface area (Å²) in [5.74, 6) is 0.342. The fraction of sp³-hybridized carbons (Fsp3) is 0.316. The molecule has 0 radical (unpaired) electrons. The number of phenols is 1. The molecule has 2 rings (SSSR count). The summed E-state index contributed by atoms with van der Waals surface area (Å²) >= 11 is 0. The molecule has 0 unspecified atom stereocenters. The van der Waals surface area contributed by atoms with E-state index in [1.54, 1.807) is 24.3 Å². The molecule has 0 amide bonds. The van der Waals surface area contributed by atoms with E-state index in [4.69, 9.17) is 4.74 Å². The molecule has 7 heteroatoms. The molecule has 0 saturated heterocycles. The molecule has 0 atom stereocenters. The molecule has 0 fully saturated rings. The molecule has 6 nitrogen and oxygen atoms in total. The van der Waals surface area contributed by atoms with Gasteiger partial charge in [0, 0.05) is 0 Å². The monoisotopic (exact) mass is 376 g/mol. The second-order valence-corrected chi connectivity index (χ2v) is 7.42. The van der Waals surface area contributed by atoms with Crippen LogP contribution in [0.25, 0.3) is 0 Å². The largest absolute Gasteiger partial charge is 0.504 e. The molecule has 0 aromatic heterocycles. The fourth-order valence-corrected chi connectivity index (χ4v) is 3.11. The number of sulfonamides is 1. The predicted octanol–water partition coefficient (Wildman–Crippen LogP) is 3.45. The van der Waals surface area contributed by atoms with Crippen LogP contribution in [0.15, 0.2) is 52.5 Å². The summed E-state index contributed by atoms with van der Waals surface area (Å²) in [6.07, 6.45) is 4.46. The first-order valence-corrected chi connectivity index (χ1v) is 10.0. The number of ether oxygens (including phenoxy) is 1. The number of benzene rings is 2. The third kappa shape index (κ3) is 5.49. The van der Waals surface area contributed by atoms with Gasteiger partial charge in [0.25, 0.3) is 10.0 Å². The molecule has 0 heterocycles. The number of nitrogens with zero attached hydrogens (tertiary/aromatic N) is 1. The van der Waals surface area contributed by atoms with Gasteiger partial charge in [0.05, 0.1) is 17.7 Å². The Morgan fingerprint density at radius 3 is 2.54 bits per heavy atom. The topological polar surface area (TPSA) is 88.0 Å². The van der Waals surface area contributed by atoms with Gasteiger partial charge in [0.2, 0.25) is 0 Å². The lowest BCUT2D eigenvalue weighted by atomic mass is 10.1. The van der Waals surface area contributed by atoms with Crippen molar-refractivity contribution < 1.29 is 18.3 Å². The molecule has 0 spiro atoms. The molecule has 2 N–H and O–H groups in total. The van der Waals surface area contributed by atoms with Gasteiger partial charge >= 0.3 is 0 Å². The highest BCUT2D eigenvalue weighted by Gasteiger charge is 2.12. The molecular formula is C19H24N2O4S. The van der Waals surface area contributed by atoms with Crippen LogP contribution >= 0.6 is 0 Å². The number of unbranched alkanes of at least 4 members (excludes halogenated alkanes) is 1. The summed E-state index contributed by atoms with van der Waals surface area (Å²) in [6, 6.07) is 11.5. The Kier molecular flexibility index (Phi) is 7.03. The fourth-order valence-electron chi connectivity index (χ4n) is 2.32. The average Bonchev–Trinajstić information content (AvgIpc) is 2.63. The number of hydrogen-bond donors (Lipinski definition) is 2. The van der Waals surface area contributed by atoms with Gasteiger partial charge in [-0.05, 0) is 61.2 Å². The van der Waals surface area contributed by atoms with E-state index >= 15 is 0 Å². The third-order valence-corrected chi connectivity index (χ3v) is 4.96. The molecule has 140 valence electrons. The number of rotatable bonds is 9. The molecule has 2 aromatic carbocycles. The molecular weight excluding hydrogens is 352 g/mol. The van der Waals surface area contributed by atoms with Crippen LogP contribution in [0.3, 0.4) is 0 Å². The highest BCUT2D eigenvalue weighted by atomic mass is 32.2. The van der Waals surface area contributed by atoms with E-state index in [-0.39, 0.29) is 10.6 Å². The van der Waals surface area contributed by atoms with Gasteiger partial charge in [0.1, 0.15) is 0 Å². The Labute approximate surface area is 154 Å². The molecule has 26 heavy (non-hydrogen) atoms. The second-order valence-electron chi connectivity index (χ2n) is 5.76. The van der Waals surface area contributed by atoms with E-state index in [9.17, 15) is 13.5 Å². The zero-order valence-electron chi connectivity index (χ0n) is 15.0. The van der Waals surface area contributed by atoms with E-state index in [1.165, 1.54) is 12.3 Å². The number of hydrazone groups is 1. The lowest BCUT2D eigenvalue weighted by Crippen LogP contribution is -2.18. The number of nitrogens with one attached hydrogen (secondary N) is 1. The second kappa shape index (κ2) is 9.24. The van der Waals surface area contributed by atoms with Gasteiger partial charge in [0.15, 0.2) is 11.5 Å². The summed E-state index contributed by atoms with van der Waals surface area (Å²) in [7, 11) is -3.72. The van der Waals surface area contributed by atoms with Crippen LogP contribution in [0, 0.1) is 0 Å². The minimum absolute atomic E-state index is 0.0211. The maximum absolute atomic E-state index is 12.3. The van der Waals surface area contributed by atoms with Crippen molar-refractivity contribution in [3.63, 3.8) is 0 Å². The Morgan fingerprint density at radius 1 is 1.15 bits per heavy atom. The van der Waals surface area contributed by atoms with Crippen molar-refractivity contribution in [2.45, 2.75) is 38.0 Å². The van der Waals surface area contributed by atoms with Gasteiger partial charge in [-0.1, -0.05) is 25.5 Å². The molecule has 0 saturated carbocycles. The zero-order chi connectivity index (χ0) is 19.0. The Balaban J connectivity index is 2.05. The Hall–Kier alpha value is -2.54. The SMILES string of the molecule is CCCCc1ccc(S(=O)(=O)N/N=C\c2ccc(O)c(OCC)c2)cc1. The van der Waals surface area contributed by atoms with E-state index in [1.807, 2.05) is 19.1 Å². The first-order valence-electron chi connectivity index (χ1n) is 8.56. The molecule has 0 bridgehead atoms. The van der Waals surface area contributed by atoms with Gasteiger partial charge in [-0.2, -0.15) is 13.5 Å². The van der Waals surface area contributed by atoms with Gasteiger partial charge in [-0.3, -0.25) is 0 Å². The smallest absolute Gasteiger partial charge is 0.276 e. The van der Waals surface area contributed by atoms with Gasteiger partial charge < -0.3 is 9.84 Å². The predicted molar refractivity (Wildman–Crippen MR) is 102 cm³/mol. The van der Waals surface area contributed by atoms with Crippen molar-refractivity contribution in [3.05, 3.63) is 53.6 Å². The summed E-state index contributed by atoms with van der Waals surface area (Å²) in [4.78, 5) is 2.35. The standard InChI is InChI=1S/C19H24N2O4S/c1-3-5-6-15-7-10-17(11-8-15)26(23,24)21-20-14-16-9-12-18(22)19(13-16)25-4-2/h7-14,21-22H,3-6H2,1-2H3/b20-14-. The van der Waals surface area contributed by atoms with Crippen molar-refractivity contribution in [2.24, 2.45) is 5.10 Å². The number of aromatic hydroxyl groups is 1. The molecule has 0 aliphatic rings. The third-order valence-electron chi connectivity index (χ3n) is 3.72. The van der Waals surface area contributed by atoms with E-state index in [2.05, 4.69) is 16.9 Å². The number of phenolic OH excluding ortho intramolecular Hbond substituents is 1. The van der Waals surface area contributed by atoms with Crippen LogP contribution in [-0.2, 0) is 16.4 Å². The van der Waals surface area contributed by atoms with Gasteiger partial charge in [-0.15, -0.1) is 0 Å². The Bertz CT molecular complexity index is 846. The quantitative estimate of drug-likeness (QED) is 0.518. The number of aryl methyl sites for hydroxylation is 1. The highest BCUT2D eigenvalue weighted by molar-refractivity contribution is 7.89. The van der Waals surface area contributed by atoms with Crippen molar-refractivity contribution in [3.8, 4) is 11.5 Å². The summed E-state index contributed by atoms with van der Waals surface area (Å²) in [5, 5.41) is 13.5. The van der Waals surface area contributed by atoms with Crippen molar-refractivity contribution in [1.29, 1.82) is 0 Å². The van der Waals surface area contributed by atoms with E-state index < -0.39 is 10.0 Å². The van der Waals surface area contributed by atoms with Crippen LogP contribution in [0.5, 0.6) is 11.5 Å². The first kappa shape index (κ1) is 19.8. The lowest BCUT2D eigenvalue weighted by Gasteiger charge is -2.07. The lowest BCUT2D eigenvalue weighted by molar-refractivity contribution is 0.318. The van der Waals surface area contributed by atoms with Crippen molar-refractivity contribution in [2.75, 3.05) is 6.61 Å².